The van der Waals surface area contributed by atoms with Gasteiger partial charge in [0.05, 0.1) is 24.0 Å². The Bertz CT molecular complexity index is 453. The molecule has 10 nitrogen and oxygen atoms in total. The average Bonchev–Trinajstić information content (AvgIpc) is 2.42. The summed E-state index contributed by atoms with van der Waals surface area (Å²) in [4.78, 5) is 27.2. The quantitative estimate of drug-likeness (QED) is 0.266. The minimum absolute atomic E-state index is 0.229. The highest BCUT2D eigenvalue weighted by Gasteiger charge is 2.28. The smallest absolute Gasteiger partial charge is 0.511 e. The molecule has 0 radical (unpaired) electrons. The van der Waals surface area contributed by atoms with Gasteiger partial charge in [-0.3, -0.25) is 9.63 Å². The second-order valence-corrected chi connectivity index (χ2v) is 6.16. The van der Waals surface area contributed by atoms with Crippen molar-refractivity contribution in [2.45, 2.75) is 52.4 Å². The summed E-state index contributed by atoms with van der Waals surface area (Å²) in [6.45, 7) is 6.96. The van der Waals surface area contributed by atoms with Crippen LogP contribution >= 0.6 is 0 Å². The zero-order valence-corrected chi connectivity index (χ0v) is 13.7. The molecule has 1 heterocycles. The number of aliphatic carboxylic acids is 1. The van der Waals surface area contributed by atoms with E-state index in [0.29, 0.717) is 12.8 Å². The van der Waals surface area contributed by atoms with Gasteiger partial charge in [-0.25, -0.2) is 4.79 Å². The van der Waals surface area contributed by atoms with Crippen LogP contribution in [0.4, 0.5) is 4.79 Å². The molecule has 1 atom stereocenters. The van der Waals surface area contributed by atoms with Crippen molar-refractivity contribution >= 4 is 12.1 Å². The van der Waals surface area contributed by atoms with Gasteiger partial charge < -0.3 is 19.8 Å². The van der Waals surface area contributed by atoms with E-state index in [1.807, 2.05) is 0 Å². The lowest BCUT2D eigenvalue weighted by atomic mass is 9.98. The second-order valence-electron chi connectivity index (χ2n) is 6.16. The number of hydrogen-bond donors (Lipinski definition) is 1. The van der Waals surface area contributed by atoms with Crippen LogP contribution in [0.15, 0.2) is 5.28 Å². The topological polar surface area (TPSA) is 124 Å². The van der Waals surface area contributed by atoms with Gasteiger partial charge in [0.2, 0.25) is 5.28 Å². The highest BCUT2D eigenvalue weighted by Crippen LogP contribution is 2.17. The first-order valence-electron chi connectivity index (χ1n) is 7.30. The lowest BCUT2D eigenvalue weighted by Gasteiger charge is -2.25. The first kappa shape index (κ1) is 18.8. The highest BCUT2D eigenvalue weighted by atomic mass is 16.8. The van der Waals surface area contributed by atoms with Crippen LogP contribution < -0.4 is 0 Å². The van der Waals surface area contributed by atoms with Crippen molar-refractivity contribution in [2.24, 2.45) is 11.2 Å². The first-order valence-corrected chi connectivity index (χ1v) is 7.30. The van der Waals surface area contributed by atoms with Crippen LogP contribution in [0.2, 0.25) is 0 Å². The summed E-state index contributed by atoms with van der Waals surface area (Å²) in [6, 6.07) is 0. The van der Waals surface area contributed by atoms with E-state index in [-0.39, 0.29) is 18.1 Å². The van der Waals surface area contributed by atoms with Crippen LogP contribution in [0.1, 0.15) is 40.5 Å². The molecule has 0 spiro atoms. The van der Waals surface area contributed by atoms with Gasteiger partial charge >= 0.3 is 12.1 Å². The molecular weight excluding hydrogens is 310 g/mol. The molecule has 1 aliphatic rings. The van der Waals surface area contributed by atoms with Gasteiger partial charge in [0.15, 0.2) is 0 Å². The Labute approximate surface area is 134 Å². The molecule has 1 rings (SSSR count). The number of rotatable bonds is 5. The Morgan fingerprint density at radius 2 is 1.91 bits per heavy atom. The first-order chi connectivity index (χ1) is 10.6. The van der Waals surface area contributed by atoms with Crippen LogP contribution in [0.25, 0.3) is 0 Å². The molecule has 0 aromatic rings. The van der Waals surface area contributed by atoms with Crippen molar-refractivity contribution in [2.75, 3.05) is 13.1 Å². The molecule has 1 N–H and O–H groups in total. The van der Waals surface area contributed by atoms with E-state index in [1.54, 1.807) is 20.8 Å². The molecule has 132 valence electrons. The molecule has 23 heavy (non-hydrogen) atoms. The largest absolute Gasteiger partial charge is 0.569 e. The second kappa shape index (κ2) is 7.84. The lowest BCUT2D eigenvalue weighted by Crippen LogP contribution is -2.40. The Balaban J connectivity index is 2.38. The van der Waals surface area contributed by atoms with Crippen LogP contribution in [-0.2, 0) is 19.1 Å². The zero-order valence-electron chi connectivity index (χ0n) is 13.7. The molecule has 0 amide bonds. The fraction of sp³-hybridized carbons (Fsp3) is 0.846. The van der Waals surface area contributed by atoms with Crippen LogP contribution in [-0.4, -0.2) is 52.2 Å². The summed E-state index contributed by atoms with van der Waals surface area (Å²) in [5, 5.41) is 25.2. The van der Waals surface area contributed by atoms with E-state index in [4.69, 9.17) is 19.4 Å². The van der Waals surface area contributed by atoms with Gasteiger partial charge in [0.1, 0.15) is 5.60 Å². The predicted octanol–water partition coefficient (Wildman–Crippen LogP) is 1.89. The van der Waals surface area contributed by atoms with E-state index < -0.39 is 29.9 Å². The van der Waals surface area contributed by atoms with Crippen molar-refractivity contribution in [1.29, 1.82) is 0 Å². The summed E-state index contributed by atoms with van der Waals surface area (Å²) in [6.07, 6.45) is -1.32. The predicted molar refractivity (Wildman–Crippen MR) is 75.9 cm³/mol. The van der Waals surface area contributed by atoms with Gasteiger partial charge in [0, 0.05) is 6.92 Å². The molecular formula is C13H23N3O7. The number of piperidine rings is 1. The average molecular weight is 333 g/mol. The van der Waals surface area contributed by atoms with Gasteiger partial charge in [-0.15, -0.1) is 5.01 Å². The van der Waals surface area contributed by atoms with Crippen molar-refractivity contribution in [1.82, 2.24) is 5.01 Å². The fourth-order valence-electron chi connectivity index (χ4n) is 1.87. The standard InChI is InChI=1S/C13H23N3O7/c1-9(21-12(19)22-13(2,3)4)23-14-16(20)15-7-5-10(6-8-15)11(17)18/h9-10H,5-8H2,1-4H3,(H,17,18)/b16-14+. The molecule has 0 aromatic carbocycles. The molecule has 1 fully saturated rings. The van der Waals surface area contributed by atoms with Gasteiger partial charge in [0.25, 0.3) is 6.29 Å². The Hall–Kier alpha value is -2.26. The maximum Gasteiger partial charge on any atom is 0.511 e. The number of carbonyl (C=O) groups excluding carboxylic acids is 1. The zero-order chi connectivity index (χ0) is 17.6. The van der Waals surface area contributed by atoms with Crippen molar-refractivity contribution in [3.8, 4) is 0 Å². The molecule has 1 saturated heterocycles. The number of carboxylic acids is 1. The van der Waals surface area contributed by atoms with Crippen molar-refractivity contribution < 1.29 is 34.0 Å². The van der Waals surface area contributed by atoms with Crippen LogP contribution in [0.3, 0.4) is 0 Å². The molecule has 1 aliphatic heterocycles. The number of ether oxygens (including phenoxy) is 2. The van der Waals surface area contributed by atoms with Gasteiger partial charge in [-0.2, -0.15) is 0 Å². The van der Waals surface area contributed by atoms with Crippen molar-refractivity contribution in [3.63, 3.8) is 0 Å². The Kier molecular flexibility index (Phi) is 6.40. The molecule has 0 aromatic heterocycles. The summed E-state index contributed by atoms with van der Waals surface area (Å²) >= 11 is 0. The summed E-state index contributed by atoms with van der Waals surface area (Å²) in [5.74, 6) is -1.32. The van der Waals surface area contributed by atoms with E-state index in [0.717, 1.165) is 0 Å². The SMILES string of the molecule is CC(O/N=[N+](/[O-])N1CCC(C(=O)O)CC1)OC(=O)OC(C)(C)C. The number of hydrazine groups is 1. The van der Waals surface area contributed by atoms with E-state index >= 15 is 0 Å². The molecule has 0 bridgehead atoms. The normalized spacial score (nSPS) is 18.3. The Morgan fingerprint density at radius 1 is 1.35 bits per heavy atom. The third kappa shape index (κ3) is 7.02. The van der Waals surface area contributed by atoms with Gasteiger partial charge in [-0.05, 0) is 33.6 Å². The molecule has 1 unspecified atom stereocenters. The number of carboxylic acid groups (broad SMARTS) is 1. The van der Waals surface area contributed by atoms with E-state index in [1.165, 1.54) is 11.9 Å². The lowest BCUT2D eigenvalue weighted by molar-refractivity contribution is -0.715. The number of carbonyl (C=O) groups is 2. The van der Waals surface area contributed by atoms with Crippen LogP contribution in [0.5, 0.6) is 0 Å². The summed E-state index contributed by atoms with van der Waals surface area (Å²) in [5.41, 5.74) is -0.701. The maximum absolute atomic E-state index is 11.7. The summed E-state index contributed by atoms with van der Waals surface area (Å²) < 4.78 is 9.70. The fourth-order valence-corrected chi connectivity index (χ4v) is 1.87. The minimum atomic E-state index is -1.10. The van der Waals surface area contributed by atoms with Crippen LogP contribution in [0, 0.1) is 11.1 Å². The van der Waals surface area contributed by atoms with E-state index in [2.05, 4.69) is 5.28 Å². The Morgan fingerprint density at radius 3 is 2.39 bits per heavy atom. The number of nitrogens with zero attached hydrogens (tertiary/aromatic N) is 3. The summed E-state index contributed by atoms with van der Waals surface area (Å²) in [7, 11) is 0. The van der Waals surface area contributed by atoms with Crippen molar-refractivity contribution in [3.05, 3.63) is 5.21 Å². The third-order valence-corrected chi connectivity index (χ3v) is 2.98. The molecule has 10 heteroatoms. The van der Waals surface area contributed by atoms with E-state index in [9.17, 15) is 14.8 Å². The minimum Gasteiger partial charge on any atom is -0.569 e. The molecule has 0 saturated carbocycles. The van der Waals surface area contributed by atoms with Gasteiger partial charge in [-0.1, -0.05) is 0 Å². The molecule has 0 aliphatic carbocycles. The maximum atomic E-state index is 11.7. The highest BCUT2D eigenvalue weighted by molar-refractivity contribution is 5.70. The third-order valence-electron chi connectivity index (χ3n) is 2.98. The number of hydrogen-bond acceptors (Lipinski definition) is 7. The monoisotopic (exact) mass is 333 g/mol.